The second-order valence-electron chi connectivity index (χ2n) is 5.48. The van der Waals surface area contributed by atoms with E-state index in [9.17, 15) is 26.4 Å². The second-order valence-corrected chi connectivity index (χ2v) is 7.98. The van der Waals surface area contributed by atoms with Gasteiger partial charge in [-0.1, -0.05) is 28.1 Å². The summed E-state index contributed by atoms with van der Waals surface area (Å²) in [6.07, 6.45) is -5.26. The van der Waals surface area contributed by atoms with Gasteiger partial charge in [0.15, 0.2) is 5.25 Å². The lowest BCUT2D eigenvalue weighted by Crippen LogP contribution is -2.35. The molecule has 7 nitrogen and oxygen atoms in total. The molecule has 0 aliphatic heterocycles. The third-order valence-corrected chi connectivity index (χ3v) is 5.49. The van der Waals surface area contributed by atoms with Crippen LogP contribution in [0.2, 0.25) is 0 Å². The number of alkyl halides is 3. The fourth-order valence-electron chi connectivity index (χ4n) is 2.47. The number of primary sulfonamides is 1. The molecule has 2 N–H and O–H groups in total. The molecule has 0 radical (unpaired) electrons. The van der Waals surface area contributed by atoms with Gasteiger partial charge in [-0.15, -0.1) is 0 Å². The van der Waals surface area contributed by atoms with Crippen molar-refractivity contribution in [2.24, 2.45) is 5.14 Å². The number of ether oxygens (including phenoxy) is 2. The Balaban J connectivity index is 2.75. The van der Waals surface area contributed by atoms with Gasteiger partial charge in [-0.2, -0.15) is 13.2 Å². The molecule has 152 valence electrons. The molecule has 2 aromatic rings. The number of rotatable bonds is 6. The van der Waals surface area contributed by atoms with Gasteiger partial charge in [0.25, 0.3) is 0 Å². The summed E-state index contributed by atoms with van der Waals surface area (Å²) >= 11 is 2.89. The van der Waals surface area contributed by atoms with E-state index >= 15 is 0 Å². The Bertz CT molecular complexity index is 990. The highest BCUT2D eigenvalue weighted by molar-refractivity contribution is 9.10. The summed E-state index contributed by atoms with van der Waals surface area (Å²) in [5.41, 5.74) is -1.66. The molecule has 0 amide bonds. The van der Waals surface area contributed by atoms with Crippen LogP contribution < -0.4 is 14.6 Å². The molecule has 1 heterocycles. The zero-order valence-electron chi connectivity index (χ0n) is 14.5. The van der Waals surface area contributed by atoms with E-state index < -0.39 is 38.4 Å². The van der Waals surface area contributed by atoms with Gasteiger partial charge >= 0.3 is 6.18 Å². The third-order valence-electron chi connectivity index (χ3n) is 3.64. The van der Waals surface area contributed by atoms with E-state index in [0.29, 0.717) is 0 Å². The van der Waals surface area contributed by atoms with E-state index in [1.807, 2.05) is 0 Å². The molecule has 0 bridgehead atoms. The van der Waals surface area contributed by atoms with Crippen molar-refractivity contribution in [2.45, 2.75) is 11.4 Å². The lowest BCUT2D eigenvalue weighted by atomic mass is 9.98. The lowest BCUT2D eigenvalue weighted by molar-refractivity contribution is -0.131. The van der Waals surface area contributed by atoms with Crippen molar-refractivity contribution in [1.29, 1.82) is 0 Å². The van der Waals surface area contributed by atoms with Gasteiger partial charge in [0.2, 0.25) is 21.7 Å². The first-order chi connectivity index (χ1) is 12.9. The molecule has 1 aromatic carbocycles. The highest BCUT2D eigenvalue weighted by atomic mass is 79.9. The summed E-state index contributed by atoms with van der Waals surface area (Å²) in [7, 11) is -2.55. The van der Waals surface area contributed by atoms with Crippen molar-refractivity contribution >= 4 is 31.7 Å². The van der Waals surface area contributed by atoms with Gasteiger partial charge in [0, 0.05) is 27.7 Å². The van der Waals surface area contributed by atoms with E-state index in [0.717, 1.165) is 6.07 Å². The van der Waals surface area contributed by atoms with Gasteiger partial charge in [-0.3, -0.25) is 4.79 Å². The Labute approximate surface area is 166 Å². The maximum atomic E-state index is 13.5. The fraction of sp³-hybridized carbons (Fsp3) is 0.250. The second kappa shape index (κ2) is 8.05. The molecule has 1 unspecified atom stereocenters. The number of nitrogens with two attached hydrogens (primary N) is 1. The minimum atomic E-state index is -5.26. The van der Waals surface area contributed by atoms with Crippen molar-refractivity contribution < 1.29 is 35.9 Å². The first-order valence-electron chi connectivity index (χ1n) is 7.41. The quantitative estimate of drug-likeness (QED) is 0.633. The average molecular weight is 483 g/mol. The number of ketones is 1. The highest BCUT2D eigenvalue weighted by Gasteiger charge is 2.50. The minimum absolute atomic E-state index is 0.0157. The van der Waals surface area contributed by atoms with Gasteiger partial charge in [0.1, 0.15) is 11.4 Å². The topological polar surface area (TPSA) is 109 Å². The average Bonchev–Trinajstić information content (AvgIpc) is 2.60. The largest absolute Gasteiger partial charge is 0.496 e. The number of carbonyl (C=O) groups excluding carboxylic acids is 1. The van der Waals surface area contributed by atoms with Crippen molar-refractivity contribution in [1.82, 2.24) is 4.98 Å². The van der Waals surface area contributed by atoms with Crippen molar-refractivity contribution in [3.8, 4) is 11.6 Å². The van der Waals surface area contributed by atoms with Gasteiger partial charge in [-0.05, 0) is 6.07 Å². The molecule has 0 spiro atoms. The van der Waals surface area contributed by atoms with Crippen LogP contribution in [0, 0.1) is 0 Å². The van der Waals surface area contributed by atoms with Crippen molar-refractivity contribution in [3.63, 3.8) is 0 Å². The molecule has 0 aliphatic carbocycles. The van der Waals surface area contributed by atoms with E-state index in [2.05, 4.69) is 20.9 Å². The first kappa shape index (κ1) is 22.1. The number of benzene rings is 1. The summed E-state index contributed by atoms with van der Waals surface area (Å²) in [6.45, 7) is 0. The van der Waals surface area contributed by atoms with Crippen LogP contribution in [0.1, 0.15) is 26.9 Å². The van der Waals surface area contributed by atoms with E-state index in [4.69, 9.17) is 14.6 Å². The molecule has 1 atom stereocenters. The first-order valence-corrected chi connectivity index (χ1v) is 9.82. The highest BCUT2D eigenvalue weighted by Crippen LogP contribution is 2.43. The number of hydrogen-bond donors (Lipinski definition) is 1. The standard InChI is InChI=1S/C16H14BrF3N2O5S/c1-26-8-6-11(22-12(7-8)27-2)14(23)9-4-3-5-10(17)13(9)15(16(18,19)20)28(21,24)25/h3-7,15H,1-2H3,(H2,21,24,25). The van der Waals surface area contributed by atoms with Crippen LogP contribution in [0.15, 0.2) is 34.8 Å². The summed E-state index contributed by atoms with van der Waals surface area (Å²) in [5.74, 6) is -0.810. The molecule has 0 saturated carbocycles. The molecule has 2 rings (SSSR count). The van der Waals surface area contributed by atoms with Crippen molar-refractivity contribution in [3.05, 3.63) is 51.6 Å². The minimum Gasteiger partial charge on any atom is -0.496 e. The molecule has 12 heteroatoms. The molecular formula is C16H14BrF3N2O5S. The van der Waals surface area contributed by atoms with Crippen LogP contribution in [0.5, 0.6) is 11.6 Å². The number of sulfonamides is 1. The van der Waals surface area contributed by atoms with Gasteiger partial charge in [-0.25, -0.2) is 18.5 Å². The predicted molar refractivity (Wildman–Crippen MR) is 96.8 cm³/mol. The predicted octanol–water partition coefficient (Wildman–Crippen LogP) is 2.98. The van der Waals surface area contributed by atoms with E-state index in [1.165, 1.54) is 38.5 Å². The molecule has 0 fully saturated rings. The molecule has 0 aliphatic rings. The normalized spacial score (nSPS) is 13.1. The zero-order chi connectivity index (χ0) is 21.3. The van der Waals surface area contributed by atoms with Gasteiger partial charge in [0.05, 0.1) is 14.2 Å². The number of pyridine rings is 1. The van der Waals surface area contributed by atoms with E-state index in [1.54, 1.807) is 0 Å². The fourth-order valence-corrected chi connectivity index (χ4v) is 4.18. The smallest absolute Gasteiger partial charge is 0.410 e. The number of halogens is 4. The third kappa shape index (κ3) is 4.62. The van der Waals surface area contributed by atoms with Crippen molar-refractivity contribution in [2.75, 3.05) is 14.2 Å². The van der Waals surface area contributed by atoms with Crippen LogP contribution in [0.3, 0.4) is 0 Å². The molecule has 28 heavy (non-hydrogen) atoms. The summed E-state index contributed by atoms with van der Waals surface area (Å²) in [6, 6.07) is 6.07. The monoisotopic (exact) mass is 482 g/mol. The Morgan fingerprint density at radius 1 is 1.21 bits per heavy atom. The molecule has 1 aromatic heterocycles. The SMILES string of the molecule is COc1cc(OC)nc(C(=O)c2cccc(Br)c2C(C(F)(F)F)S(N)(=O)=O)c1. The number of methoxy groups -OCH3 is 2. The number of carbonyl (C=O) groups is 1. The van der Waals surface area contributed by atoms with Crippen LogP contribution in [0.25, 0.3) is 0 Å². The van der Waals surface area contributed by atoms with Crippen LogP contribution in [0.4, 0.5) is 13.2 Å². The summed E-state index contributed by atoms with van der Waals surface area (Å²) < 4.78 is 73.7. The molecular weight excluding hydrogens is 469 g/mol. The van der Waals surface area contributed by atoms with Crippen LogP contribution in [-0.2, 0) is 10.0 Å². The Hall–Kier alpha value is -2.18. The Morgan fingerprint density at radius 2 is 1.86 bits per heavy atom. The number of aromatic nitrogens is 1. The Kier molecular flexibility index (Phi) is 6.36. The lowest BCUT2D eigenvalue weighted by Gasteiger charge is -2.22. The maximum Gasteiger partial charge on any atom is 0.410 e. The van der Waals surface area contributed by atoms with E-state index in [-0.39, 0.29) is 21.8 Å². The Morgan fingerprint density at radius 3 is 2.36 bits per heavy atom. The summed E-state index contributed by atoms with van der Waals surface area (Å²) in [5, 5.41) is 1.72. The number of nitrogens with zero attached hydrogens (tertiary/aromatic N) is 1. The number of hydrogen-bond acceptors (Lipinski definition) is 6. The van der Waals surface area contributed by atoms with Crippen LogP contribution in [-0.4, -0.2) is 39.6 Å². The summed E-state index contributed by atoms with van der Waals surface area (Å²) in [4.78, 5) is 16.8. The zero-order valence-corrected chi connectivity index (χ0v) is 16.9. The maximum absolute atomic E-state index is 13.5. The molecule has 0 saturated heterocycles. The van der Waals surface area contributed by atoms with Gasteiger partial charge < -0.3 is 9.47 Å². The van der Waals surface area contributed by atoms with Crippen LogP contribution >= 0.6 is 15.9 Å².